The average molecular weight is 433 g/mol. The maximum absolute atomic E-state index is 14.9. The van der Waals surface area contributed by atoms with Gasteiger partial charge in [0, 0.05) is 11.1 Å². The van der Waals surface area contributed by atoms with Crippen LogP contribution in [0.1, 0.15) is 82.3 Å². The largest absolute Gasteiger partial charge is 0.203 e. The van der Waals surface area contributed by atoms with Crippen molar-refractivity contribution < 1.29 is 17.6 Å². The van der Waals surface area contributed by atoms with Crippen LogP contribution in [0.25, 0.3) is 11.1 Å². The zero-order valence-corrected chi connectivity index (χ0v) is 18.5. The first-order valence-electron chi connectivity index (χ1n) is 11.6. The number of allylic oxidation sites excluding steroid dienone is 2. The molecule has 3 rings (SSSR count). The van der Waals surface area contributed by atoms with E-state index in [1.54, 1.807) is 12.1 Å². The van der Waals surface area contributed by atoms with Gasteiger partial charge in [-0.1, -0.05) is 69.5 Å². The van der Waals surface area contributed by atoms with Crippen molar-refractivity contribution in [1.82, 2.24) is 0 Å². The Morgan fingerprint density at radius 3 is 2.06 bits per heavy atom. The van der Waals surface area contributed by atoms with E-state index in [1.165, 1.54) is 37.5 Å². The Morgan fingerprint density at radius 1 is 0.774 bits per heavy atom. The molecule has 1 fully saturated rings. The summed E-state index contributed by atoms with van der Waals surface area (Å²) in [7, 11) is 0. The Kier molecular flexibility index (Phi) is 8.34. The van der Waals surface area contributed by atoms with Gasteiger partial charge in [-0.25, -0.2) is 17.6 Å². The third-order valence-corrected chi connectivity index (χ3v) is 6.56. The Balaban J connectivity index is 1.81. The van der Waals surface area contributed by atoms with Gasteiger partial charge in [-0.15, -0.1) is 0 Å². The summed E-state index contributed by atoms with van der Waals surface area (Å²) >= 11 is 0. The first-order chi connectivity index (χ1) is 15.0. The van der Waals surface area contributed by atoms with Gasteiger partial charge >= 0.3 is 0 Å². The molecule has 31 heavy (non-hydrogen) atoms. The number of hydrogen-bond acceptors (Lipinski definition) is 0. The topological polar surface area (TPSA) is 0 Å². The average Bonchev–Trinajstić information content (AvgIpc) is 2.78. The summed E-state index contributed by atoms with van der Waals surface area (Å²) < 4.78 is 59.0. The van der Waals surface area contributed by atoms with E-state index < -0.39 is 23.3 Å². The van der Waals surface area contributed by atoms with Crippen molar-refractivity contribution in [3.63, 3.8) is 0 Å². The second kappa shape index (κ2) is 11.0. The monoisotopic (exact) mass is 432 g/mol. The van der Waals surface area contributed by atoms with Crippen molar-refractivity contribution in [3.05, 3.63) is 70.8 Å². The Morgan fingerprint density at radius 2 is 1.42 bits per heavy atom. The van der Waals surface area contributed by atoms with Crippen molar-refractivity contribution in [2.75, 3.05) is 0 Å². The molecule has 0 saturated heterocycles. The summed E-state index contributed by atoms with van der Waals surface area (Å²) in [6, 6.07) is 5.73. The van der Waals surface area contributed by atoms with Crippen LogP contribution >= 0.6 is 0 Å². The predicted octanol–water partition coefficient (Wildman–Crippen LogP) is 8.88. The highest BCUT2D eigenvalue weighted by atomic mass is 19.2. The molecule has 0 unspecified atom stereocenters. The lowest BCUT2D eigenvalue weighted by atomic mass is 9.76. The van der Waals surface area contributed by atoms with E-state index in [0.717, 1.165) is 32.1 Å². The van der Waals surface area contributed by atoms with Gasteiger partial charge < -0.3 is 0 Å². The van der Waals surface area contributed by atoms with E-state index in [1.807, 2.05) is 13.0 Å². The quantitative estimate of drug-likeness (QED) is 0.289. The third kappa shape index (κ3) is 5.39. The predicted molar refractivity (Wildman–Crippen MR) is 119 cm³/mol. The minimum atomic E-state index is -1.13. The lowest BCUT2D eigenvalue weighted by molar-refractivity contribution is 0.299. The number of benzene rings is 2. The maximum Gasteiger partial charge on any atom is 0.167 e. The number of rotatable bonds is 8. The minimum absolute atomic E-state index is 0.0178. The summed E-state index contributed by atoms with van der Waals surface area (Å²) in [6.45, 7) is 4.13. The van der Waals surface area contributed by atoms with Gasteiger partial charge in [0.1, 0.15) is 0 Å². The molecule has 1 saturated carbocycles. The Bertz CT molecular complexity index is 908. The zero-order chi connectivity index (χ0) is 22.4. The van der Waals surface area contributed by atoms with Gasteiger partial charge in [0.2, 0.25) is 0 Å². The van der Waals surface area contributed by atoms with Crippen molar-refractivity contribution in [2.45, 2.75) is 77.6 Å². The molecule has 0 radical (unpaired) electrons. The SMILES string of the molecule is CC/C=C\Cc1ccc(-c2ccc(C3CCC(CCCC)CC3)c(F)c2F)c(F)c1F. The maximum atomic E-state index is 14.9. The molecule has 0 heterocycles. The smallest absolute Gasteiger partial charge is 0.167 e. The summed E-state index contributed by atoms with van der Waals surface area (Å²) in [4.78, 5) is 0. The Hall–Kier alpha value is -2.10. The van der Waals surface area contributed by atoms with Crippen LogP contribution in [0, 0.1) is 29.2 Å². The van der Waals surface area contributed by atoms with Gasteiger partial charge in [-0.3, -0.25) is 0 Å². The van der Waals surface area contributed by atoms with E-state index >= 15 is 0 Å². The van der Waals surface area contributed by atoms with Crippen molar-refractivity contribution >= 4 is 0 Å². The van der Waals surface area contributed by atoms with E-state index in [0.29, 0.717) is 11.5 Å². The molecule has 0 spiro atoms. The van der Waals surface area contributed by atoms with Gasteiger partial charge in [0.25, 0.3) is 0 Å². The van der Waals surface area contributed by atoms with Crippen LogP contribution < -0.4 is 0 Å². The summed E-state index contributed by atoms with van der Waals surface area (Å²) in [5.41, 5.74) is 0.0811. The fourth-order valence-electron chi connectivity index (χ4n) is 4.67. The van der Waals surface area contributed by atoms with Crippen LogP contribution in [0.15, 0.2) is 36.4 Å². The molecule has 0 nitrogen and oxygen atoms in total. The molecule has 168 valence electrons. The van der Waals surface area contributed by atoms with Crippen molar-refractivity contribution in [1.29, 1.82) is 0 Å². The molecule has 2 aromatic rings. The summed E-state index contributed by atoms with van der Waals surface area (Å²) in [5.74, 6) is -3.51. The lowest BCUT2D eigenvalue weighted by Crippen LogP contribution is -2.15. The molecule has 1 aliphatic rings. The third-order valence-electron chi connectivity index (χ3n) is 6.56. The van der Waals surface area contributed by atoms with Gasteiger partial charge in [-0.2, -0.15) is 0 Å². The molecule has 0 N–H and O–H groups in total. The fourth-order valence-corrected chi connectivity index (χ4v) is 4.67. The zero-order valence-electron chi connectivity index (χ0n) is 18.5. The van der Waals surface area contributed by atoms with Gasteiger partial charge in [0.15, 0.2) is 23.3 Å². The molecular formula is C27H32F4. The second-order valence-electron chi connectivity index (χ2n) is 8.67. The van der Waals surface area contributed by atoms with Crippen LogP contribution in [0.3, 0.4) is 0 Å². The summed E-state index contributed by atoms with van der Waals surface area (Å²) in [5, 5.41) is 0. The van der Waals surface area contributed by atoms with Crippen molar-refractivity contribution in [3.8, 4) is 11.1 Å². The normalized spacial score (nSPS) is 19.3. The van der Waals surface area contributed by atoms with E-state index in [4.69, 9.17) is 0 Å². The molecule has 0 aromatic heterocycles. The van der Waals surface area contributed by atoms with E-state index in [9.17, 15) is 17.6 Å². The highest BCUT2D eigenvalue weighted by molar-refractivity contribution is 5.66. The van der Waals surface area contributed by atoms with Crippen LogP contribution in [0.5, 0.6) is 0 Å². The van der Waals surface area contributed by atoms with Crippen LogP contribution in [0.2, 0.25) is 0 Å². The van der Waals surface area contributed by atoms with E-state index in [2.05, 4.69) is 6.92 Å². The van der Waals surface area contributed by atoms with Crippen LogP contribution in [-0.4, -0.2) is 0 Å². The highest BCUT2D eigenvalue weighted by Crippen LogP contribution is 2.40. The second-order valence-corrected chi connectivity index (χ2v) is 8.67. The fraction of sp³-hybridized carbons (Fsp3) is 0.481. The molecule has 0 atom stereocenters. The van der Waals surface area contributed by atoms with Crippen LogP contribution in [0.4, 0.5) is 17.6 Å². The highest BCUT2D eigenvalue weighted by Gasteiger charge is 2.27. The molecule has 0 aliphatic heterocycles. The van der Waals surface area contributed by atoms with Crippen LogP contribution in [-0.2, 0) is 6.42 Å². The molecule has 0 bridgehead atoms. The molecule has 0 amide bonds. The molecular weight excluding hydrogens is 400 g/mol. The first-order valence-corrected chi connectivity index (χ1v) is 11.6. The lowest BCUT2D eigenvalue weighted by Gasteiger charge is -2.29. The Labute approximate surface area is 183 Å². The number of hydrogen-bond donors (Lipinski definition) is 0. The number of halogens is 4. The molecule has 4 heteroatoms. The minimum Gasteiger partial charge on any atom is -0.203 e. The van der Waals surface area contributed by atoms with E-state index in [-0.39, 0.29) is 29.0 Å². The first kappa shape index (κ1) is 23.6. The van der Waals surface area contributed by atoms with Crippen molar-refractivity contribution in [2.24, 2.45) is 5.92 Å². The van der Waals surface area contributed by atoms with Gasteiger partial charge in [-0.05, 0) is 61.5 Å². The number of unbranched alkanes of at least 4 members (excludes halogenated alkanes) is 1. The molecule has 1 aliphatic carbocycles. The van der Waals surface area contributed by atoms with Gasteiger partial charge in [0.05, 0.1) is 0 Å². The molecule has 2 aromatic carbocycles. The standard InChI is InChI=1S/C27H32F4/c1-3-5-7-9-20-14-15-22(26(30)24(20)28)23-17-16-21(25(29)27(23)31)19-12-10-18(11-13-19)8-6-4-2/h5,7,14-19H,3-4,6,8-13H2,1-2H3/b7-5-. The summed E-state index contributed by atoms with van der Waals surface area (Å²) in [6.07, 6.45) is 12.0.